The molecule has 1 atom stereocenters. The summed E-state index contributed by atoms with van der Waals surface area (Å²) in [5, 5.41) is 20.0. The fourth-order valence-electron chi connectivity index (χ4n) is 4.15. The zero-order chi connectivity index (χ0) is 26.6. The molecular formula is C28H23ClN4O4S. The fraction of sp³-hybridized carbons (Fsp3) is 0.143. The van der Waals surface area contributed by atoms with Crippen LogP contribution in [0.2, 0.25) is 5.02 Å². The number of aromatic amines is 1. The number of amidine groups is 1. The summed E-state index contributed by atoms with van der Waals surface area (Å²) in [6, 6.07) is 21.7. The molecule has 0 radical (unpaired) electrons. The largest absolute Gasteiger partial charge is 0.508 e. The van der Waals surface area contributed by atoms with Crippen LogP contribution in [-0.4, -0.2) is 45.2 Å². The predicted molar refractivity (Wildman–Crippen MR) is 152 cm³/mol. The first-order chi connectivity index (χ1) is 18.4. The van der Waals surface area contributed by atoms with Crippen molar-refractivity contribution in [3.8, 4) is 17.0 Å². The summed E-state index contributed by atoms with van der Waals surface area (Å²) in [6.07, 6.45) is 2.01. The lowest BCUT2D eigenvalue weighted by Crippen LogP contribution is -2.32. The number of rotatable bonds is 7. The van der Waals surface area contributed by atoms with E-state index in [1.807, 2.05) is 48.5 Å². The number of carbonyl (C=O) groups is 2. The zero-order valence-electron chi connectivity index (χ0n) is 20.3. The molecule has 10 heteroatoms. The van der Waals surface area contributed by atoms with Crippen molar-refractivity contribution in [3.63, 3.8) is 0 Å². The summed E-state index contributed by atoms with van der Waals surface area (Å²) in [6.45, 7) is 1.45. The highest BCUT2D eigenvalue weighted by Gasteiger charge is 2.39. The molecule has 1 unspecified atom stereocenters. The maximum Gasteiger partial charge on any atom is 0.302 e. The van der Waals surface area contributed by atoms with E-state index in [0.29, 0.717) is 22.3 Å². The molecule has 1 saturated heterocycles. The molecule has 2 N–H and O–H groups in total. The van der Waals surface area contributed by atoms with Crippen LogP contribution in [0.15, 0.2) is 83.0 Å². The number of phenolic OH excluding ortho intramolecular Hbond substituents is 1. The molecule has 1 fully saturated rings. The monoisotopic (exact) mass is 546 g/mol. The van der Waals surface area contributed by atoms with Gasteiger partial charge in [0, 0.05) is 34.8 Å². The van der Waals surface area contributed by atoms with Crippen LogP contribution in [0.25, 0.3) is 22.2 Å². The summed E-state index contributed by atoms with van der Waals surface area (Å²) in [4.78, 5) is 29.4. The second-order valence-corrected chi connectivity index (χ2v) is 10.1. The molecular weight excluding hydrogens is 524 g/mol. The number of phenols is 1. The van der Waals surface area contributed by atoms with Crippen molar-refractivity contribution < 1.29 is 19.4 Å². The number of esters is 1. The van der Waals surface area contributed by atoms with E-state index in [1.165, 1.54) is 35.7 Å². The van der Waals surface area contributed by atoms with Crippen LogP contribution in [0.5, 0.6) is 5.75 Å². The Morgan fingerprint density at radius 3 is 2.61 bits per heavy atom. The number of ether oxygens (including phenoxy) is 1. The highest BCUT2D eigenvalue weighted by molar-refractivity contribution is 8.16. The first-order valence-corrected chi connectivity index (χ1v) is 13.1. The number of fused-ring (bicyclic) bond motifs is 1. The Labute approximate surface area is 228 Å². The maximum absolute atomic E-state index is 13.3. The number of thioether (sulfide) groups is 1. The second kappa shape index (κ2) is 11.1. The van der Waals surface area contributed by atoms with Gasteiger partial charge in [-0.05, 0) is 48.0 Å². The third-order valence-corrected chi connectivity index (χ3v) is 7.39. The van der Waals surface area contributed by atoms with Gasteiger partial charge < -0.3 is 14.8 Å². The molecule has 38 heavy (non-hydrogen) atoms. The molecule has 2 heterocycles. The van der Waals surface area contributed by atoms with Crippen molar-refractivity contribution >= 4 is 63.2 Å². The van der Waals surface area contributed by atoms with Gasteiger partial charge in [-0.1, -0.05) is 53.7 Å². The third kappa shape index (κ3) is 5.44. The number of hydrogen-bond acceptors (Lipinski definition) is 7. The van der Waals surface area contributed by atoms with Gasteiger partial charge in [-0.2, -0.15) is 5.10 Å². The van der Waals surface area contributed by atoms with E-state index in [0.717, 1.165) is 27.7 Å². The van der Waals surface area contributed by atoms with E-state index >= 15 is 0 Å². The Morgan fingerprint density at radius 1 is 1.13 bits per heavy atom. The van der Waals surface area contributed by atoms with Gasteiger partial charge in [-0.3, -0.25) is 14.5 Å². The van der Waals surface area contributed by atoms with E-state index in [-0.39, 0.29) is 18.3 Å². The molecule has 1 aromatic heterocycles. The Hall–Kier alpha value is -4.08. The number of aromatic nitrogens is 1. The van der Waals surface area contributed by atoms with Gasteiger partial charge in [0.25, 0.3) is 0 Å². The lowest BCUT2D eigenvalue weighted by Gasteiger charge is -2.15. The molecule has 0 bridgehead atoms. The molecule has 192 valence electrons. The minimum absolute atomic E-state index is 0.0880. The molecule has 3 aromatic carbocycles. The number of amides is 1. The molecule has 0 saturated carbocycles. The van der Waals surface area contributed by atoms with Crippen molar-refractivity contribution in [2.75, 3.05) is 11.5 Å². The van der Waals surface area contributed by atoms with E-state index in [2.05, 4.69) is 15.2 Å². The van der Waals surface area contributed by atoms with Crippen molar-refractivity contribution in [2.24, 2.45) is 10.2 Å². The Kier molecular flexibility index (Phi) is 7.48. The molecule has 8 nitrogen and oxygen atoms in total. The Morgan fingerprint density at radius 2 is 1.87 bits per heavy atom. The number of nitrogens with zero attached hydrogens (tertiary/aromatic N) is 3. The van der Waals surface area contributed by atoms with Gasteiger partial charge in [-0.25, -0.2) is 0 Å². The third-order valence-electron chi connectivity index (χ3n) is 5.94. The van der Waals surface area contributed by atoms with Gasteiger partial charge in [0.05, 0.1) is 29.5 Å². The number of nitrogens with one attached hydrogen (secondary N) is 1. The van der Waals surface area contributed by atoms with Crippen LogP contribution in [0.1, 0.15) is 18.9 Å². The number of para-hydroxylation sites is 1. The lowest BCUT2D eigenvalue weighted by atomic mass is 10.1. The van der Waals surface area contributed by atoms with Gasteiger partial charge >= 0.3 is 5.97 Å². The first-order valence-electron chi connectivity index (χ1n) is 11.8. The van der Waals surface area contributed by atoms with E-state index in [1.54, 1.807) is 18.3 Å². The molecule has 4 aromatic rings. The van der Waals surface area contributed by atoms with Gasteiger partial charge in [0.1, 0.15) is 5.75 Å². The van der Waals surface area contributed by atoms with E-state index < -0.39 is 11.2 Å². The number of aromatic hydroxyl groups is 1. The van der Waals surface area contributed by atoms with Crippen molar-refractivity contribution in [3.05, 3.63) is 83.4 Å². The van der Waals surface area contributed by atoms with E-state index in [9.17, 15) is 14.7 Å². The number of H-pyrrole nitrogens is 1. The first kappa shape index (κ1) is 25.6. The van der Waals surface area contributed by atoms with Crippen LogP contribution >= 0.6 is 23.4 Å². The Bertz CT molecular complexity index is 1550. The Balaban J connectivity index is 1.49. The summed E-state index contributed by atoms with van der Waals surface area (Å²) in [7, 11) is 0. The second-order valence-electron chi connectivity index (χ2n) is 8.52. The van der Waals surface area contributed by atoms with Gasteiger partial charge in [0.15, 0.2) is 5.17 Å². The zero-order valence-corrected chi connectivity index (χ0v) is 21.9. The summed E-state index contributed by atoms with van der Waals surface area (Å²) >= 11 is 7.35. The number of halogens is 1. The molecule has 1 amide bonds. The topological polar surface area (TPSA) is 107 Å². The van der Waals surface area contributed by atoms with Crippen molar-refractivity contribution in [1.82, 2.24) is 4.98 Å². The molecule has 0 aliphatic carbocycles. The van der Waals surface area contributed by atoms with E-state index in [4.69, 9.17) is 16.3 Å². The summed E-state index contributed by atoms with van der Waals surface area (Å²) in [5.74, 6) is -0.509. The number of benzene rings is 3. The van der Waals surface area contributed by atoms with Crippen molar-refractivity contribution in [1.29, 1.82) is 0 Å². The van der Waals surface area contributed by atoms with Crippen LogP contribution in [-0.2, 0) is 14.3 Å². The van der Waals surface area contributed by atoms with Crippen molar-refractivity contribution in [2.45, 2.75) is 18.6 Å². The summed E-state index contributed by atoms with van der Waals surface area (Å²) in [5.41, 5.74) is 4.17. The number of carbonyl (C=O) groups excluding carboxylic acids is 2. The normalized spacial score (nSPS) is 16.7. The number of anilines is 1. The minimum atomic E-state index is -0.491. The van der Waals surface area contributed by atoms with Crippen LogP contribution < -0.4 is 4.90 Å². The SMILES string of the molecule is CC(=O)OCCC1S/C(=N\N=C\c2c(-c3ccc(Cl)cc3)[nH]c3ccccc23)N(c2ccc(O)cc2)C1=O. The minimum Gasteiger partial charge on any atom is -0.508 e. The molecule has 5 rings (SSSR count). The lowest BCUT2D eigenvalue weighted by molar-refractivity contribution is -0.141. The fourth-order valence-corrected chi connectivity index (χ4v) is 5.34. The molecule has 1 aliphatic heterocycles. The summed E-state index contributed by atoms with van der Waals surface area (Å²) < 4.78 is 5.04. The smallest absolute Gasteiger partial charge is 0.302 e. The van der Waals surface area contributed by atoms with Gasteiger partial charge in [0.2, 0.25) is 5.91 Å². The standard InChI is InChI=1S/C28H23ClN4O4S/c1-17(34)37-15-14-25-27(36)33(20-10-12-21(35)13-11-20)28(38-25)32-30-16-23-22-4-2-3-5-24(22)31-26(23)18-6-8-19(29)9-7-18/h2-13,16,25,31,35H,14-15H2,1H3/b30-16+,32-28-. The molecule has 0 spiro atoms. The average Bonchev–Trinajstić information content (AvgIpc) is 3.42. The average molecular weight is 547 g/mol. The van der Waals surface area contributed by atoms with Gasteiger partial charge in [-0.15, -0.1) is 5.10 Å². The quantitative estimate of drug-likeness (QED) is 0.168. The maximum atomic E-state index is 13.3. The van der Waals surface area contributed by atoms with Crippen LogP contribution in [0.4, 0.5) is 5.69 Å². The molecule has 1 aliphatic rings. The number of hydrogen-bond donors (Lipinski definition) is 2. The van der Waals surface area contributed by atoms with Crippen LogP contribution in [0, 0.1) is 0 Å². The predicted octanol–water partition coefficient (Wildman–Crippen LogP) is 5.99. The highest BCUT2D eigenvalue weighted by Crippen LogP contribution is 2.35. The highest BCUT2D eigenvalue weighted by atomic mass is 35.5. The van der Waals surface area contributed by atoms with Crippen LogP contribution in [0.3, 0.4) is 0 Å².